The second-order valence-electron chi connectivity index (χ2n) is 5.17. The first kappa shape index (κ1) is 21.1. The Morgan fingerprint density at radius 3 is 1.91 bits per heavy atom. The maximum Gasteiger partial charge on any atom is 0.342 e. The van der Waals surface area contributed by atoms with Crippen molar-refractivity contribution >= 4 is 5.97 Å². The monoisotopic (exact) mass is 318 g/mol. The van der Waals surface area contributed by atoms with Gasteiger partial charge in [0, 0.05) is 0 Å². The van der Waals surface area contributed by atoms with Crippen LogP contribution in [0.5, 0.6) is 0 Å². The molecule has 0 unspecified atom stereocenters. The van der Waals surface area contributed by atoms with Crippen LogP contribution < -0.4 is 0 Å². The van der Waals surface area contributed by atoms with Crippen molar-refractivity contribution in [3.63, 3.8) is 0 Å². The largest absolute Gasteiger partial charge is 0.342 e. The van der Waals surface area contributed by atoms with Gasteiger partial charge in [-0.3, -0.25) is 0 Å². The molecule has 0 bridgehead atoms. The predicted molar refractivity (Wildman–Crippen MR) is 97.0 cm³/mol. The lowest BCUT2D eigenvalue weighted by Crippen LogP contribution is -1.98. The van der Waals surface area contributed by atoms with Gasteiger partial charge >= 0.3 is 5.97 Å². The first-order chi connectivity index (χ1) is 11.3. The van der Waals surface area contributed by atoms with Crippen LogP contribution in [0.25, 0.3) is 0 Å². The van der Waals surface area contributed by atoms with Gasteiger partial charge in [0.1, 0.15) is 0 Å². The topological polar surface area (TPSA) is 46.5 Å². The van der Waals surface area contributed by atoms with Crippen molar-refractivity contribution in [1.29, 1.82) is 0 Å². The number of hydrogen-bond acceptors (Lipinski definition) is 3. The van der Waals surface area contributed by atoms with Crippen LogP contribution in [0.2, 0.25) is 0 Å². The van der Waals surface area contributed by atoms with E-state index in [-0.39, 0.29) is 6.42 Å². The third kappa shape index (κ3) is 18.1. The highest BCUT2D eigenvalue weighted by atomic mass is 17.1. The van der Waals surface area contributed by atoms with E-state index in [9.17, 15) is 4.79 Å². The maximum atomic E-state index is 10.6. The molecule has 23 heavy (non-hydrogen) atoms. The van der Waals surface area contributed by atoms with Gasteiger partial charge in [0.25, 0.3) is 0 Å². The van der Waals surface area contributed by atoms with Gasteiger partial charge in [0.15, 0.2) is 0 Å². The molecule has 0 atom stereocenters. The molecule has 0 aliphatic rings. The highest BCUT2D eigenvalue weighted by Gasteiger charge is 1.97. The fraction of sp³-hybridized carbons (Fsp3) is 0.450. The van der Waals surface area contributed by atoms with Crippen LogP contribution in [0.3, 0.4) is 0 Å². The third-order valence-corrected chi connectivity index (χ3v) is 3.08. The van der Waals surface area contributed by atoms with Crippen LogP contribution >= 0.6 is 0 Å². The van der Waals surface area contributed by atoms with E-state index in [0.29, 0.717) is 6.42 Å². The minimum atomic E-state index is -0.611. The second kappa shape index (κ2) is 18.2. The van der Waals surface area contributed by atoms with Crippen molar-refractivity contribution in [1.82, 2.24) is 0 Å². The van der Waals surface area contributed by atoms with Crippen LogP contribution in [0.15, 0.2) is 60.8 Å². The summed E-state index contributed by atoms with van der Waals surface area (Å²) in [7, 11) is 0. The molecule has 0 aliphatic carbocycles. The summed E-state index contributed by atoms with van der Waals surface area (Å²) in [5, 5.41) is 8.06. The van der Waals surface area contributed by atoms with Crippen LogP contribution in [0.4, 0.5) is 0 Å². The SMILES string of the molecule is CCCC/C=C/CCC/C=C/C=C/C=C/C=C/CCC(=O)OO. The summed E-state index contributed by atoms with van der Waals surface area (Å²) in [6.45, 7) is 2.22. The molecule has 1 N–H and O–H groups in total. The Hall–Kier alpha value is -1.87. The molecule has 3 heteroatoms. The highest BCUT2D eigenvalue weighted by molar-refractivity contribution is 5.68. The number of allylic oxidation sites excluding steroid dienone is 10. The fourth-order valence-corrected chi connectivity index (χ4v) is 1.76. The van der Waals surface area contributed by atoms with Crippen molar-refractivity contribution in [3.8, 4) is 0 Å². The van der Waals surface area contributed by atoms with Crippen LogP contribution in [0, 0.1) is 0 Å². The summed E-state index contributed by atoms with van der Waals surface area (Å²) >= 11 is 0. The Bertz CT molecular complexity index is 415. The molecule has 0 heterocycles. The van der Waals surface area contributed by atoms with E-state index in [1.807, 2.05) is 36.5 Å². The second-order valence-corrected chi connectivity index (χ2v) is 5.17. The standard InChI is InChI=1S/C20H30O3/c1-2-3-4-5-6-7-8-9-10-11-12-13-14-15-16-17-18-19-20(21)23-22/h5-6,10-17,22H,2-4,7-9,18-19H2,1H3/b6-5+,11-10+,13-12+,15-14+,17-16+. The molecule has 0 aliphatic heterocycles. The Labute approximate surface area is 140 Å². The van der Waals surface area contributed by atoms with Gasteiger partial charge in [-0.25, -0.2) is 4.79 Å². The van der Waals surface area contributed by atoms with E-state index in [0.717, 1.165) is 12.8 Å². The fourth-order valence-electron chi connectivity index (χ4n) is 1.76. The number of rotatable bonds is 13. The van der Waals surface area contributed by atoms with E-state index >= 15 is 0 Å². The van der Waals surface area contributed by atoms with E-state index in [4.69, 9.17) is 5.26 Å². The van der Waals surface area contributed by atoms with Crippen LogP contribution in [-0.2, 0) is 9.68 Å². The zero-order valence-electron chi connectivity index (χ0n) is 14.2. The molecular formula is C20H30O3. The van der Waals surface area contributed by atoms with Gasteiger partial charge in [-0.15, -0.1) is 0 Å². The smallest absolute Gasteiger partial charge is 0.301 e. The molecule has 0 fully saturated rings. The van der Waals surface area contributed by atoms with Crippen molar-refractivity contribution in [2.45, 2.75) is 58.3 Å². The van der Waals surface area contributed by atoms with E-state index in [1.165, 1.54) is 25.7 Å². The van der Waals surface area contributed by atoms with Gasteiger partial charge in [0.05, 0.1) is 6.42 Å². The average molecular weight is 318 g/mol. The Kier molecular flexibility index (Phi) is 16.7. The van der Waals surface area contributed by atoms with Gasteiger partial charge in [-0.05, 0) is 32.1 Å². The molecule has 0 saturated carbocycles. The first-order valence-electron chi connectivity index (χ1n) is 8.45. The normalized spacial score (nSPS) is 12.6. The Morgan fingerprint density at radius 2 is 1.30 bits per heavy atom. The molecule has 0 radical (unpaired) electrons. The summed E-state index contributed by atoms with van der Waals surface area (Å²) in [5.74, 6) is -0.611. The Balaban J connectivity index is 3.54. The lowest BCUT2D eigenvalue weighted by atomic mass is 10.2. The summed E-state index contributed by atoms with van der Waals surface area (Å²) in [6.07, 6.45) is 28.3. The molecule has 0 rings (SSSR count). The molecule has 0 amide bonds. The number of unbranched alkanes of at least 4 members (excludes halogenated alkanes) is 4. The number of carbonyl (C=O) groups is 1. The van der Waals surface area contributed by atoms with E-state index < -0.39 is 5.97 Å². The lowest BCUT2D eigenvalue weighted by Gasteiger charge is -1.91. The van der Waals surface area contributed by atoms with Gasteiger partial charge in [-0.1, -0.05) is 80.5 Å². The van der Waals surface area contributed by atoms with Crippen molar-refractivity contribution in [2.24, 2.45) is 0 Å². The van der Waals surface area contributed by atoms with Gasteiger partial charge < -0.3 is 4.89 Å². The summed E-state index contributed by atoms with van der Waals surface area (Å²) in [4.78, 5) is 14.2. The zero-order valence-corrected chi connectivity index (χ0v) is 14.2. The van der Waals surface area contributed by atoms with Crippen molar-refractivity contribution in [3.05, 3.63) is 60.8 Å². The molecule has 128 valence electrons. The third-order valence-electron chi connectivity index (χ3n) is 3.08. The molecule has 0 saturated heterocycles. The Morgan fingerprint density at radius 1 is 0.783 bits per heavy atom. The predicted octanol–water partition coefficient (Wildman–Crippen LogP) is 5.92. The molecule has 0 aromatic heterocycles. The highest BCUT2D eigenvalue weighted by Crippen LogP contribution is 2.01. The zero-order chi connectivity index (χ0) is 17.0. The number of hydrogen-bond donors (Lipinski definition) is 1. The first-order valence-corrected chi connectivity index (χ1v) is 8.45. The molecule has 3 nitrogen and oxygen atoms in total. The number of carbonyl (C=O) groups excluding carboxylic acids is 1. The summed E-state index contributed by atoms with van der Waals surface area (Å²) < 4.78 is 0. The maximum absolute atomic E-state index is 10.6. The van der Waals surface area contributed by atoms with Crippen molar-refractivity contribution < 1.29 is 14.9 Å². The minimum absolute atomic E-state index is 0.188. The molecule has 0 aromatic rings. The molecule has 0 aromatic carbocycles. The lowest BCUT2D eigenvalue weighted by molar-refractivity contribution is -0.234. The molecule has 0 spiro atoms. The summed E-state index contributed by atoms with van der Waals surface area (Å²) in [6, 6.07) is 0. The van der Waals surface area contributed by atoms with Crippen molar-refractivity contribution in [2.75, 3.05) is 0 Å². The van der Waals surface area contributed by atoms with Crippen LogP contribution in [-0.4, -0.2) is 11.2 Å². The quantitative estimate of drug-likeness (QED) is 0.151. The van der Waals surface area contributed by atoms with Crippen LogP contribution in [0.1, 0.15) is 58.3 Å². The van der Waals surface area contributed by atoms with Gasteiger partial charge in [-0.2, -0.15) is 5.26 Å². The minimum Gasteiger partial charge on any atom is -0.301 e. The van der Waals surface area contributed by atoms with Gasteiger partial charge in [0.2, 0.25) is 0 Å². The van der Waals surface area contributed by atoms with E-state index in [1.54, 1.807) is 0 Å². The average Bonchev–Trinajstić information content (AvgIpc) is 2.57. The van der Waals surface area contributed by atoms with E-state index in [2.05, 4.69) is 36.1 Å². The summed E-state index contributed by atoms with van der Waals surface area (Å²) in [5.41, 5.74) is 0. The molecular weight excluding hydrogens is 288 g/mol.